The maximum absolute atomic E-state index is 12.5. The lowest BCUT2D eigenvalue weighted by Crippen LogP contribution is -2.15. The number of amides is 1. The molecule has 0 aliphatic rings. The van der Waals surface area contributed by atoms with Gasteiger partial charge in [0.25, 0.3) is 5.91 Å². The van der Waals surface area contributed by atoms with Crippen LogP contribution in [-0.2, 0) is 0 Å². The summed E-state index contributed by atoms with van der Waals surface area (Å²) in [5, 5.41) is 9.12. The number of nitrogens with one attached hydrogen (secondary N) is 1. The van der Waals surface area contributed by atoms with E-state index in [1.807, 2.05) is 35.9 Å². The van der Waals surface area contributed by atoms with Crippen LogP contribution in [0.4, 0.5) is 5.82 Å². The van der Waals surface area contributed by atoms with E-state index in [-0.39, 0.29) is 11.9 Å². The summed E-state index contributed by atoms with van der Waals surface area (Å²) in [6, 6.07) is 3.88. The SMILES string of the molecule is CC(C)n1nccc1NC(=O)c1cc2c(nc3sccn32)s1. The van der Waals surface area contributed by atoms with Crippen LogP contribution in [-0.4, -0.2) is 25.1 Å². The standard InChI is InChI=1S/C14H13N5OS2/c1-8(2)19-11(3-4-15-19)16-12(20)10-7-9-13(22-10)17-14-18(9)5-6-21-14/h3-8H,1-2H3,(H,16,20). The third-order valence-corrected chi connectivity index (χ3v) is 5.14. The Morgan fingerprint density at radius 3 is 3.09 bits per heavy atom. The molecular weight excluding hydrogens is 318 g/mol. The molecule has 112 valence electrons. The molecule has 8 heteroatoms. The predicted molar refractivity (Wildman–Crippen MR) is 89.0 cm³/mol. The number of aromatic nitrogens is 4. The Bertz CT molecular complexity index is 974. The number of carbonyl (C=O) groups is 1. The summed E-state index contributed by atoms with van der Waals surface area (Å²) < 4.78 is 3.79. The van der Waals surface area contributed by atoms with Crippen molar-refractivity contribution in [2.24, 2.45) is 0 Å². The number of rotatable bonds is 3. The van der Waals surface area contributed by atoms with Crippen molar-refractivity contribution < 1.29 is 4.79 Å². The molecule has 1 N–H and O–H groups in total. The van der Waals surface area contributed by atoms with Gasteiger partial charge in [0.15, 0.2) is 4.96 Å². The molecule has 0 aromatic carbocycles. The zero-order valence-electron chi connectivity index (χ0n) is 12.0. The number of imidazole rings is 1. The monoisotopic (exact) mass is 331 g/mol. The van der Waals surface area contributed by atoms with Crippen LogP contribution >= 0.6 is 22.7 Å². The highest BCUT2D eigenvalue weighted by Gasteiger charge is 2.16. The average molecular weight is 331 g/mol. The Balaban J connectivity index is 1.67. The van der Waals surface area contributed by atoms with Crippen molar-refractivity contribution >= 4 is 49.7 Å². The number of carbonyl (C=O) groups excluding carboxylic acids is 1. The van der Waals surface area contributed by atoms with E-state index in [0.29, 0.717) is 10.7 Å². The van der Waals surface area contributed by atoms with E-state index < -0.39 is 0 Å². The molecular formula is C14H13N5OS2. The van der Waals surface area contributed by atoms with E-state index in [2.05, 4.69) is 15.4 Å². The molecule has 0 saturated carbocycles. The molecule has 0 aliphatic carbocycles. The maximum Gasteiger partial charge on any atom is 0.267 e. The lowest BCUT2D eigenvalue weighted by Gasteiger charge is -2.10. The normalized spacial score (nSPS) is 11.8. The van der Waals surface area contributed by atoms with Crippen molar-refractivity contribution in [3.05, 3.63) is 34.8 Å². The molecule has 0 radical (unpaired) electrons. The molecule has 0 spiro atoms. The van der Waals surface area contributed by atoms with Crippen LogP contribution in [0.1, 0.15) is 29.6 Å². The zero-order valence-corrected chi connectivity index (χ0v) is 13.6. The van der Waals surface area contributed by atoms with Crippen LogP contribution in [0.2, 0.25) is 0 Å². The van der Waals surface area contributed by atoms with Gasteiger partial charge in [0, 0.05) is 23.7 Å². The third kappa shape index (κ3) is 2.03. The van der Waals surface area contributed by atoms with E-state index in [9.17, 15) is 4.79 Å². The van der Waals surface area contributed by atoms with Gasteiger partial charge in [-0.1, -0.05) is 0 Å². The molecule has 0 atom stereocenters. The molecule has 4 rings (SSSR count). The Morgan fingerprint density at radius 2 is 2.27 bits per heavy atom. The topological polar surface area (TPSA) is 64.2 Å². The van der Waals surface area contributed by atoms with Crippen LogP contribution in [0.25, 0.3) is 15.3 Å². The van der Waals surface area contributed by atoms with Crippen molar-refractivity contribution in [3.63, 3.8) is 0 Å². The van der Waals surface area contributed by atoms with Gasteiger partial charge in [0.2, 0.25) is 0 Å². The number of hydrogen-bond acceptors (Lipinski definition) is 5. The minimum atomic E-state index is -0.130. The van der Waals surface area contributed by atoms with Crippen LogP contribution in [0.15, 0.2) is 29.9 Å². The first-order valence-corrected chi connectivity index (χ1v) is 8.53. The van der Waals surface area contributed by atoms with Crippen molar-refractivity contribution in [3.8, 4) is 0 Å². The fourth-order valence-electron chi connectivity index (χ4n) is 2.36. The van der Waals surface area contributed by atoms with Gasteiger partial charge in [-0.3, -0.25) is 9.20 Å². The number of hydrogen-bond donors (Lipinski definition) is 1. The van der Waals surface area contributed by atoms with Crippen LogP contribution in [0.3, 0.4) is 0 Å². The highest BCUT2D eigenvalue weighted by Crippen LogP contribution is 2.28. The minimum Gasteiger partial charge on any atom is -0.306 e. The van der Waals surface area contributed by atoms with Crippen molar-refractivity contribution in [2.45, 2.75) is 19.9 Å². The van der Waals surface area contributed by atoms with Crippen LogP contribution < -0.4 is 5.32 Å². The summed E-state index contributed by atoms with van der Waals surface area (Å²) in [5.74, 6) is 0.573. The quantitative estimate of drug-likeness (QED) is 0.623. The van der Waals surface area contributed by atoms with Gasteiger partial charge in [0.05, 0.1) is 16.6 Å². The van der Waals surface area contributed by atoms with Crippen molar-refractivity contribution in [1.29, 1.82) is 0 Å². The maximum atomic E-state index is 12.5. The Morgan fingerprint density at radius 1 is 1.41 bits per heavy atom. The van der Waals surface area contributed by atoms with E-state index in [4.69, 9.17) is 0 Å². The second-order valence-electron chi connectivity index (χ2n) is 5.18. The molecule has 0 fully saturated rings. The fourth-order valence-corrected chi connectivity index (χ4v) is 4.06. The third-order valence-electron chi connectivity index (χ3n) is 3.36. The molecule has 4 heterocycles. The number of thiophene rings is 1. The van der Waals surface area contributed by atoms with E-state index in [0.717, 1.165) is 15.3 Å². The number of thiazole rings is 1. The molecule has 0 saturated heterocycles. The van der Waals surface area contributed by atoms with Gasteiger partial charge in [-0.05, 0) is 19.9 Å². The van der Waals surface area contributed by atoms with E-state index in [1.54, 1.807) is 28.3 Å². The first-order chi connectivity index (χ1) is 10.6. The molecule has 1 amide bonds. The summed E-state index contributed by atoms with van der Waals surface area (Å²) in [6.07, 6.45) is 3.66. The fraction of sp³-hybridized carbons (Fsp3) is 0.214. The van der Waals surface area contributed by atoms with Gasteiger partial charge in [0.1, 0.15) is 10.6 Å². The smallest absolute Gasteiger partial charge is 0.267 e. The molecule has 0 bridgehead atoms. The number of anilines is 1. The Kier molecular flexibility index (Phi) is 3.02. The second kappa shape index (κ2) is 4.92. The van der Waals surface area contributed by atoms with Crippen molar-refractivity contribution in [1.82, 2.24) is 19.2 Å². The molecule has 4 aromatic rings. The first-order valence-electron chi connectivity index (χ1n) is 6.83. The molecule has 22 heavy (non-hydrogen) atoms. The Hall–Kier alpha value is -2.19. The molecule has 0 unspecified atom stereocenters. The summed E-state index contributed by atoms with van der Waals surface area (Å²) in [6.45, 7) is 4.05. The number of fused-ring (bicyclic) bond motifs is 3. The van der Waals surface area contributed by atoms with Gasteiger partial charge >= 0.3 is 0 Å². The van der Waals surface area contributed by atoms with Crippen molar-refractivity contribution in [2.75, 3.05) is 5.32 Å². The summed E-state index contributed by atoms with van der Waals surface area (Å²) in [7, 11) is 0. The number of nitrogens with zero attached hydrogens (tertiary/aromatic N) is 4. The molecule has 4 aromatic heterocycles. The highest BCUT2D eigenvalue weighted by atomic mass is 32.1. The van der Waals surface area contributed by atoms with Gasteiger partial charge in [-0.2, -0.15) is 5.10 Å². The largest absolute Gasteiger partial charge is 0.306 e. The highest BCUT2D eigenvalue weighted by molar-refractivity contribution is 7.21. The molecule has 6 nitrogen and oxygen atoms in total. The van der Waals surface area contributed by atoms with Gasteiger partial charge in [-0.15, -0.1) is 22.7 Å². The van der Waals surface area contributed by atoms with Crippen LogP contribution in [0, 0.1) is 0 Å². The summed E-state index contributed by atoms with van der Waals surface area (Å²) in [5.41, 5.74) is 0.976. The average Bonchev–Trinajstić information content (AvgIpc) is 3.17. The lowest BCUT2D eigenvalue weighted by molar-refractivity contribution is 0.102. The summed E-state index contributed by atoms with van der Waals surface area (Å²) in [4.78, 5) is 19.5. The van der Waals surface area contributed by atoms with Crippen LogP contribution in [0.5, 0.6) is 0 Å². The molecule has 0 aliphatic heterocycles. The zero-order chi connectivity index (χ0) is 15.3. The summed E-state index contributed by atoms with van der Waals surface area (Å²) >= 11 is 2.99. The van der Waals surface area contributed by atoms with Gasteiger partial charge < -0.3 is 5.32 Å². The first kappa shape index (κ1) is 13.5. The predicted octanol–water partition coefficient (Wildman–Crippen LogP) is 3.64. The lowest BCUT2D eigenvalue weighted by atomic mass is 10.4. The Labute approximate surface area is 134 Å². The minimum absolute atomic E-state index is 0.130. The second-order valence-corrected chi connectivity index (χ2v) is 7.08. The van der Waals surface area contributed by atoms with Gasteiger partial charge in [-0.25, -0.2) is 9.67 Å². The van der Waals surface area contributed by atoms with E-state index in [1.165, 1.54) is 11.3 Å². The van der Waals surface area contributed by atoms with E-state index >= 15 is 0 Å².